The normalized spacial score (nSPS) is 17.5. The Hall–Kier alpha value is -2.70. The molecule has 0 radical (unpaired) electrons. The zero-order chi connectivity index (χ0) is 15.4. The Kier molecular flexibility index (Phi) is 4.13. The van der Waals surface area contributed by atoms with Crippen LogP contribution >= 0.6 is 0 Å². The smallest absolute Gasteiger partial charge is 0.251 e. The summed E-state index contributed by atoms with van der Waals surface area (Å²) in [6.07, 6.45) is 2.10. The predicted octanol–water partition coefficient (Wildman–Crippen LogP) is 0.815. The van der Waals surface area contributed by atoms with E-state index in [9.17, 15) is 9.59 Å². The zero-order valence-corrected chi connectivity index (χ0v) is 11.9. The minimum atomic E-state index is -0.247. The average molecular weight is 300 g/mol. The molecule has 2 aromatic rings. The van der Waals surface area contributed by atoms with Gasteiger partial charge in [-0.05, 0) is 18.6 Å². The first-order valence-corrected chi connectivity index (χ1v) is 7.11. The summed E-state index contributed by atoms with van der Waals surface area (Å²) in [5.74, 6) is 0.384. The summed E-state index contributed by atoms with van der Waals surface area (Å²) in [5, 5.41) is 6.46. The molecule has 2 heterocycles. The van der Waals surface area contributed by atoms with Crippen molar-refractivity contribution in [1.29, 1.82) is 0 Å². The minimum Gasteiger partial charge on any atom is -0.343 e. The molecule has 0 aliphatic carbocycles. The molecule has 0 saturated carbocycles. The van der Waals surface area contributed by atoms with Crippen molar-refractivity contribution >= 4 is 11.8 Å². The third kappa shape index (κ3) is 3.13. The summed E-state index contributed by atoms with van der Waals surface area (Å²) in [6.45, 7) is 1.19. The van der Waals surface area contributed by atoms with E-state index in [0.717, 1.165) is 6.42 Å². The molecule has 1 aliphatic rings. The molecule has 1 fully saturated rings. The van der Waals surface area contributed by atoms with Crippen LogP contribution in [0.4, 0.5) is 0 Å². The summed E-state index contributed by atoms with van der Waals surface area (Å²) in [6, 6.07) is 8.83. The molecule has 7 nitrogen and oxygen atoms in total. The molecule has 3 rings (SSSR count). The molecular weight excluding hydrogens is 284 g/mol. The Morgan fingerprint density at radius 2 is 2.14 bits per heavy atom. The molecule has 1 atom stereocenters. The first-order valence-electron chi connectivity index (χ1n) is 7.11. The fourth-order valence-electron chi connectivity index (χ4n) is 2.52. The highest BCUT2D eigenvalue weighted by Gasteiger charge is 2.29. The van der Waals surface area contributed by atoms with E-state index in [1.807, 2.05) is 6.07 Å². The Labute approximate surface area is 127 Å². The SMILES string of the molecule is O=C(NCC(=O)N1CC[C@H](c2ncon2)C1)c1ccccc1. The molecule has 0 spiro atoms. The van der Waals surface area contributed by atoms with Gasteiger partial charge in [-0.3, -0.25) is 9.59 Å². The van der Waals surface area contributed by atoms with Gasteiger partial charge in [-0.15, -0.1) is 0 Å². The van der Waals surface area contributed by atoms with E-state index in [-0.39, 0.29) is 24.3 Å². The number of nitrogens with one attached hydrogen (secondary N) is 1. The molecule has 1 aromatic heterocycles. The van der Waals surface area contributed by atoms with E-state index < -0.39 is 0 Å². The molecular formula is C15H16N4O3. The maximum Gasteiger partial charge on any atom is 0.251 e. The lowest BCUT2D eigenvalue weighted by Gasteiger charge is -2.16. The lowest BCUT2D eigenvalue weighted by Crippen LogP contribution is -2.39. The van der Waals surface area contributed by atoms with Crippen molar-refractivity contribution in [1.82, 2.24) is 20.4 Å². The second kappa shape index (κ2) is 6.38. The monoisotopic (exact) mass is 300 g/mol. The van der Waals surface area contributed by atoms with Crippen LogP contribution in [0, 0.1) is 0 Å². The number of carbonyl (C=O) groups excluding carboxylic acids is 2. The summed E-state index contributed by atoms with van der Waals surface area (Å²) < 4.78 is 4.73. The number of carbonyl (C=O) groups is 2. The van der Waals surface area contributed by atoms with Crippen molar-refractivity contribution in [3.63, 3.8) is 0 Å². The summed E-state index contributed by atoms with van der Waals surface area (Å²) in [7, 11) is 0. The predicted molar refractivity (Wildman–Crippen MR) is 77.0 cm³/mol. The molecule has 22 heavy (non-hydrogen) atoms. The first kappa shape index (κ1) is 14.2. The van der Waals surface area contributed by atoms with Gasteiger partial charge in [0.1, 0.15) is 0 Å². The van der Waals surface area contributed by atoms with E-state index in [0.29, 0.717) is 24.5 Å². The topological polar surface area (TPSA) is 88.3 Å². The maximum absolute atomic E-state index is 12.1. The molecule has 1 saturated heterocycles. The van der Waals surface area contributed by atoms with Crippen LogP contribution in [0.25, 0.3) is 0 Å². The number of benzene rings is 1. The summed E-state index contributed by atoms with van der Waals surface area (Å²) in [4.78, 5) is 29.8. The second-order valence-electron chi connectivity index (χ2n) is 5.16. The molecule has 1 aliphatic heterocycles. The second-order valence-corrected chi connectivity index (χ2v) is 5.16. The maximum atomic E-state index is 12.1. The quantitative estimate of drug-likeness (QED) is 0.903. The molecule has 7 heteroatoms. The number of aromatic nitrogens is 2. The number of hydrogen-bond acceptors (Lipinski definition) is 5. The fourth-order valence-corrected chi connectivity index (χ4v) is 2.52. The van der Waals surface area contributed by atoms with Crippen molar-refractivity contribution in [3.05, 3.63) is 48.1 Å². The molecule has 1 N–H and O–H groups in total. The largest absolute Gasteiger partial charge is 0.343 e. The number of rotatable bonds is 4. The lowest BCUT2D eigenvalue weighted by molar-refractivity contribution is -0.129. The molecule has 0 bridgehead atoms. The fraction of sp³-hybridized carbons (Fsp3) is 0.333. The highest BCUT2D eigenvalue weighted by molar-refractivity contribution is 5.96. The van der Waals surface area contributed by atoms with Gasteiger partial charge in [0.15, 0.2) is 5.82 Å². The van der Waals surface area contributed by atoms with Gasteiger partial charge in [0.25, 0.3) is 5.91 Å². The average Bonchev–Trinajstić information content (AvgIpc) is 3.23. The number of amides is 2. The van der Waals surface area contributed by atoms with Crippen LogP contribution in [0.2, 0.25) is 0 Å². The Morgan fingerprint density at radius 3 is 2.86 bits per heavy atom. The van der Waals surface area contributed by atoms with Crippen molar-refractivity contribution < 1.29 is 14.1 Å². The van der Waals surface area contributed by atoms with Gasteiger partial charge >= 0.3 is 0 Å². The number of nitrogens with zero attached hydrogens (tertiary/aromatic N) is 3. The van der Waals surface area contributed by atoms with Crippen LogP contribution in [0.3, 0.4) is 0 Å². The van der Waals surface area contributed by atoms with Gasteiger partial charge in [0, 0.05) is 24.6 Å². The van der Waals surface area contributed by atoms with Crippen LogP contribution in [0.5, 0.6) is 0 Å². The van der Waals surface area contributed by atoms with Crippen LogP contribution in [-0.4, -0.2) is 46.5 Å². The Balaban J connectivity index is 1.50. The summed E-state index contributed by atoms with van der Waals surface area (Å²) >= 11 is 0. The third-order valence-electron chi connectivity index (χ3n) is 3.72. The standard InChI is InChI=1S/C15H16N4O3/c20-13(8-16-15(21)11-4-2-1-3-5-11)19-7-6-12(9-19)14-17-10-22-18-14/h1-5,10,12H,6-9H2,(H,16,21)/t12-/m0/s1. The Bertz CT molecular complexity index is 642. The lowest BCUT2D eigenvalue weighted by atomic mass is 10.1. The van der Waals surface area contributed by atoms with Crippen LogP contribution in [-0.2, 0) is 4.79 Å². The Morgan fingerprint density at radius 1 is 1.32 bits per heavy atom. The molecule has 0 unspecified atom stereocenters. The van der Waals surface area contributed by atoms with Crippen molar-refractivity contribution in [2.75, 3.05) is 19.6 Å². The van der Waals surface area contributed by atoms with E-state index in [2.05, 4.69) is 15.5 Å². The van der Waals surface area contributed by atoms with E-state index in [1.54, 1.807) is 29.2 Å². The van der Waals surface area contributed by atoms with Gasteiger partial charge in [0.2, 0.25) is 12.3 Å². The van der Waals surface area contributed by atoms with Crippen LogP contribution in [0.15, 0.2) is 41.2 Å². The molecule has 114 valence electrons. The van der Waals surface area contributed by atoms with Crippen molar-refractivity contribution in [2.24, 2.45) is 0 Å². The van der Waals surface area contributed by atoms with Crippen molar-refractivity contribution in [3.8, 4) is 0 Å². The van der Waals surface area contributed by atoms with Gasteiger partial charge in [-0.1, -0.05) is 23.4 Å². The zero-order valence-electron chi connectivity index (χ0n) is 11.9. The van der Waals surface area contributed by atoms with Crippen molar-refractivity contribution in [2.45, 2.75) is 12.3 Å². The van der Waals surface area contributed by atoms with Crippen LogP contribution in [0.1, 0.15) is 28.5 Å². The molecule has 2 amide bonds. The first-order chi connectivity index (χ1) is 10.7. The van der Waals surface area contributed by atoms with E-state index in [1.165, 1.54) is 6.39 Å². The minimum absolute atomic E-state index is 0.00725. The number of likely N-dealkylation sites (tertiary alicyclic amines) is 1. The van der Waals surface area contributed by atoms with Gasteiger partial charge in [-0.25, -0.2) is 0 Å². The van der Waals surface area contributed by atoms with Gasteiger partial charge in [0.05, 0.1) is 6.54 Å². The van der Waals surface area contributed by atoms with Gasteiger partial charge in [-0.2, -0.15) is 4.98 Å². The van der Waals surface area contributed by atoms with E-state index in [4.69, 9.17) is 4.52 Å². The van der Waals surface area contributed by atoms with Crippen LogP contribution < -0.4 is 5.32 Å². The van der Waals surface area contributed by atoms with Gasteiger partial charge < -0.3 is 14.7 Å². The third-order valence-corrected chi connectivity index (χ3v) is 3.72. The highest BCUT2D eigenvalue weighted by atomic mass is 16.5. The number of hydrogen-bond donors (Lipinski definition) is 1. The van der Waals surface area contributed by atoms with E-state index >= 15 is 0 Å². The summed E-state index contributed by atoms with van der Waals surface area (Å²) in [5.41, 5.74) is 0.543. The molecule has 1 aromatic carbocycles. The highest BCUT2D eigenvalue weighted by Crippen LogP contribution is 2.24.